The second-order valence-electron chi connectivity index (χ2n) is 4.09. The van der Waals surface area contributed by atoms with Crippen molar-refractivity contribution in [1.29, 1.82) is 0 Å². The zero-order valence-corrected chi connectivity index (χ0v) is 9.31. The van der Waals surface area contributed by atoms with Gasteiger partial charge in [0.1, 0.15) is 0 Å². The van der Waals surface area contributed by atoms with Gasteiger partial charge >= 0.3 is 5.97 Å². The molecular formula is C11H20O2. The summed E-state index contributed by atoms with van der Waals surface area (Å²) in [5.74, 6) is -0.183. The van der Waals surface area contributed by atoms with Crippen LogP contribution in [0.5, 0.6) is 0 Å². The highest BCUT2D eigenvalue weighted by atomic mass is 16.5. The normalized spacial score (nSPS) is 12.8. The first-order valence-electron chi connectivity index (χ1n) is 4.77. The Morgan fingerprint density at radius 2 is 1.92 bits per heavy atom. The van der Waals surface area contributed by atoms with Gasteiger partial charge in [-0.25, -0.2) is 4.79 Å². The quantitative estimate of drug-likeness (QED) is 0.498. The van der Waals surface area contributed by atoms with Gasteiger partial charge < -0.3 is 4.74 Å². The minimum atomic E-state index is -0.183. The van der Waals surface area contributed by atoms with Gasteiger partial charge in [0.25, 0.3) is 0 Å². The molecule has 13 heavy (non-hydrogen) atoms. The van der Waals surface area contributed by atoms with Gasteiger partial charge in [-0.1, -0.05) is 33.8 Å². The number of allylic oxidation sites excluding steroid dienone is 1. The van der Waals surface area contributed by atoms with Crippen LogP contribution in [0.2, 0.25) is 0 Å². The minimum Gasteiger partial charge on any atom is -0.462 e. The molecular weight excluding hydrogens is 164 g/mol. The number of carbonyl (C=O) groups excluding carboxylic acids is 1. The molecule has 0 aliphatic heterocycles. The summed E-state index contributed by atoms with van der Waals surface area (Å²) in [6.07, 6.45) is 2.70. The summed E-state index contributed by atoms with van der Waals surface area (Å²) in [4.78, 5) is 11.5. The molecule has 0 aromatic heterocycles. The molecule has 0 aliphatic rings. The van der Waals surface area contributed by atoms with Crippen molar-refractivity contribution in [2.45, 2.75) is 41.0 Å². The molecule has 76 valence electrons. The zero-order valence-electron chi connectivity index (χ0n) is 9.31. The average Bonchev–Trinajstić information content (AvgIpc) is 1.99. The van der Waals surface area contributed by atoms with Crippen LogP contribution in [0.25, 0.3) is 0 Å². The lowest BCUT2D eigenvalue weighted by Gasteiger charge is -2.20. The lowest BCUT2D eigenvalue weighted by Crippen LogP contribution is -2.20. The molecule has 2 nitrogen and oxygen atoms in total. The summed E-state index contributed by atoms with van der Waals surface area (Å²) in [6.45, 7) is 10.4. The average molecular weight is 184 g/mol. The van der Waals surface area contributed by atoms with E-state index in [0.29, 0.717) is 6.61 Å². The number of ether oxygens (including phenoxy) is 1. The van der Waals surface area contributed by atoms with Gasteiger partial charge in [-0.3, -0.25) is 0 Å². The van der Waals surface area contributed by atoms with Gasteiger partial charge in [-0.15, -0.1) is 0 Å². The summed E-state index contributed by atoms with van der Waals surface area (Å²) >= 11 is 0. The fourth-order valence-corrected chi connectivity index (χ4v) is 1.13. The molecule has 0 unspecified atom stereocenters. The van der Waals surface area contributed by atoms with Crippen molar-refractivity contribution in [2.75, 3.05) is 6.61 Å². The smallest absolute Gasteiger partial charge is 0.334 e. The summed E-state index contributed by atoms with van der Waals surface area (Å²) in [6, 6.07) is 0. The molecule has 0 saturated heterocycles. The predicted octanol–water partition coefficient (Wildman–Crippen LogP) is 2.93. The molecule has 0 fully saturated rings. The van der Waals surface area contributed by atoms with E-state index >= 15 is 0 Å². The van der Waals surface area contributed by atoms with E-state index in [1.165, 1.54) is 0 Å². The van der Waals surface area contributed by atoms with E-state index in [4.69, 9.17) is 4.74 Å². The monoisotopic (exact) mass is 184 g/mol. The van der Waals surface area contributed by atoms with Crippen molar-refractivity contribution in [3.8, 4) is 0 Å². The van der Waals surface area contributed by atoms with Crippen LogP contribution < -0.4 is 0 Å². The molecule has 0 saturated carbocycles. The third-order valence-corrected chi connectivity index (χ3v) is 1.75. The van der Waals surface area contributed by atoms with Gasteiger partial charge in [0.05, 0.1) is 6.61 Å². The summed E-state index contributed by atoms with van der Waals surface area (Å²) < 4.78 is 5.06. The second kappa shape index (κ2) is 5.05. The largest absolute Gasteiger partial charge is 0.462 e. The molecule has 0 rings (SSSR count). The van der Waals surface area contributed by atoms with E-state index in [9.17, 15) is 4.79 Å². The first-order chi connectivity index (χ1) is 5.93. The number of hydrogen-bond donors (Lipinski definition) is 0. The zero-order chi connectivity index (χ0) is 10.5. The molecule has 0 atom stereocenters. The Labute approximate surface area is 81.0 Å². The van der Waals surface area contributed by atoms with Crippen LogP contribution in [0, 0.1) is 5.41 Å². The van der Waals surface area contributed by atoms with Crippen LogP contribution in [0.3, 0.4) is 0 Å². The molecule has 0 heterocycles. The molecule has 0 aromatic rings. The Morgan fingerprint density at radius 3 is 2.23 bits per heavy atom. The highest BCUT2D eigenvalue weighted by Crippen LogP contribution is 2.25. The minimum absolute atomic E-state index is 0.125. The molecule has 0 aromatic carbocycles. The number of esters is 1. The maximum Gasteiger partial charge on any atom is 0.334 e. The van der Waals surface area contributed by atoms with Crippen molar-refractivity contribution >= 4 is 5.97 Å². The maximum absolute atomic E-state index is 11.5. The Hall–Kier alpha value is -0.790. The van der Waals surface area contributed by atoms with Crippen molar-refractivity contribution in [3.05, 3.63) is 11.6 Å². The molecule has 0 aliphatic carbocycles. The van der Waals surface area contributed by atoms with Crippen LogP contribution in [0.15, 0.2) is 11.6 Å². The first kappa shape index (κ1) is 12.2. The van der Waals surface area contributed by atoms with Crippen LogP contribution in [-0.2, 0) is 9.53 Å². The van der Waals surface area contributed by atoms with Gasteiger partial charge in [0.2, 0.25) is 0 Å². The summed E-state index contributed by atoms with van der Waals surface area (Å²) in [5.41, 5.74) is 0.625. The molecule has 2 heteroatoms. The fourth-order valence-electron chi connectivity index (χ4n) is 1.13. The van der Waals surface area contributed by atoms with E-state index in [1.54, 1.807) is 0 Å². The Bertz CT molecular complexity index is 197. The van der Waals surface area contributed by atoms with Gasteiger partial charge in [-0.2, -0.15) is 0 Å². The summed E-state index contributed by atoms with van der Waals surface area (Å²) in [7, 11) is 0. The van der Waals surface area contributed by atoms with Gasteiger partial charge in [-0.05, 0) is 18.8 Å². The topological polar surface area (TPSA) is 26.3 Å². The lowest BCUT2D eigenvalue weighted by atomic mass is 9.86. The third-order valence-electron chi connectivity index (χ3n) is 1.75. The SMILES string of the molecule is C/C=C(/C(=O)OCCC)C(C)(C)C. The third kappa shape index (κ3) is 4.11. The van der Waals surface area contributed by atoms with Crippen LogP contribution in [-0.4, -0.2) is 12.6 Å². The Kier molecular flexibility index (Phi) is 4.74. The highest BCUT2D eigenvalue weighted by molar-refractivity contribution is 5.89. The fraction of sp³-hybridized carbons (Fsp3) is 0.727. The number of hydrogen-bond acceptors (Lipinski definition) is 2. The molecule has 0 bridgehead atoms. The van der Waals surface area contributed by atoms with Crippen LogP contribution >= 0.6 is 0 Å². The van der Waals surface area contributed by atoms with Gasteiger partial charge in [0.15, 0.2) is 0 Å². The van der Waals surface area contributed by atoms with Crippen molar-refractivity contribution in [1.82, 2.24) is 0 Å². The van der Waals surface area contributed by atoms with Crippen LogP contribution in [0.4, 0.5) is 0 Å². The van der Waals surface area contributed by atoms with Crippen molar-refractivity contribution in [2.24, 2.45) is 5.41 Å². The number of carbonyl (C=O) groups is 1. The second-order valence-corrected chi connectivity index (χ2v) is 4.09. The standard InChI is InChI=1S/C11H20O2/c1-6-8-13-10(12)9(7-2)11(3,4)5/h7H,6,8H2,1-5H3/b9-7-. The van der Waals surface area contributed by atoms with Crippen LogP contribution in [0.1, 0.15) is 41.0 Å². The Morgan fingerprint density at radius 1 is 1.38 bits per heavy atom. The predicted molar refractivity (Wildman–Crippen MR) is 54.5 cm³/mol. The lowest BCUT2D eigenvalue weighted by molar-refractivity contribution is -0.140. The van der Waals surface area contributed by atoms with Crippen molar-refractivity contribution in [3.63, 3.8) is 0 Å². The van der Waals surface area contributed by atoms with E-state index < -0.39 is 0 Å². The highest BCUT2D eigenvalue weighted by Gasteiger charge is 2.23. The van der Waals surface area contributed by atoms with E-state index in [0.717, 1.165) is 12.0 Å². The number of rotatable bonds is 3. The molecule has 0 spiro atoms. The van der Waals surface area contributed by atoms with Crippen molar-refractivity contribution < 1.29 is 9.53 Å². The molecule has 0 radical (unpaired) electrons. The molecule has 0 amide bonds. The Balaban J connectivity index is 4.36. The maximum atomic E-state index is 11.5. The van der Waals surface area contributed by atoms with Gasteiger partial charge in [0, 0.05) is 5.57 Å². The van der Waals surface area contributed by atoms with E-state index in [-0.39, 0.29) is 11.4 Å². The first-order valence-corrected chi connectivity index (χ1v) is 4.77. The van der Waals surface area contributed by atoms with E-state index in [2.05, 4.69) is 0 Å². The molecule has 0 N–H and O–H groups in total. The summed E-state index contributed by atoms with van der Waals surface area (Å²) in [5, 5.41) is 0. The van der Waals surface area contributed by atoms with E-state index in [1.807, 2.05) is 40.7 Å².